The van der Waals surface area contributed by atoms with Gasteiger partial charge in [-0.05, 0) is 62.4 Å². The quantitative estimate of drug-likeness (QED) is 0.577. The average molecular weight is 443 g/mol. The van der Waals surface area contributed by atoms with Crippen LogP contribution in [0.3, 0.4) is 0 Å². The Morgan fingerprint density at radius 3 is 2.77 bits per heavy atom. The fourth-order valence-corrected chi connectivity index (χ4v) is 5.27. The summed E-state index contributed by atoms with van der Waals surface area (Å²) >= 11 is 1.65. The molecule has 1 spiro atoms. The lowest BCUT2D eigenvalue weighted by molar-refractivity contribution is -0.0196. The van der Waals surface area contributed by atoms with Crippen molar-refractivity contribution in [1.29, 1.82) is 0 Å². The molecule has 3 aromatic rings. The van der Waals surface area contributed by atoms with Crippen molar-refractivity contribution in [3.63, 3.8) is 0 Å². The number of pyridine rings is 1. The number of hydrogen-bond acceptors (Lipinski definition) is 6. The Kier molecular flexibility index (Phi) is 6.68. The second-order valence-corrected chi connectivity index (χ2v) is 9.08. The fourth-order valence-electron chi connectivity index (χ4n) is 4.44. The van der Waals surface area contributed by atoms with Gasteiger partial charge in [-0.25, -0.2) is 9.97 Å². The molecule has 0 bridgehead atoms. The topological polar surface area (TPSA) is 59.1 Å². The lowest BCUT2D eigenvalue weighted by Crippen LogP contribution is -2.41. The molecule has 2 aliphatic heterocycles. The largest absolute Gasteiger partial charge is 0.375 e. The standard InChI is InChI=1S/C23H26N4OS.ClH/c1-2-5-18(6-3-1)20-15-25-22(29-20)27-21-8-4-7-19(26-21)13-17-14-23(28-16-17)9-11-24-12-10-23;/h1-8,15,17,24H,9-14,16H2,(H,25,26,27);1H. The zero-order valence-corrected chi connectivity index (χ0v) is 18.5. The highest BCUT2D eigenvalue weighted by atomic mass is 35.5. The number of nitrogens with zero attached hydrogens (tertiary/aromatic N) is 2. The van der Waals surface area contributed by atoms with Crippen LogP contribution in [-0.4, -0.2) is 35.3 Å². The third kappa shape index (κ3) is 4.83. The molecule has 158 valence electrons. The number of anilines is 2. The van der Waals surface area contributed by atoms with Crippen LogP contribution in [0.2, 0.25) is 0 Å². The maximum atomic E-state index is 6.25. The molecule has 2 N–H and O–H groups in total. The molecule has 7 heteroatoms. The second kappa shape index (κ2) is 9.43. The first-order valence-electron chi connectivity index (χ1n) is 10.4. The number of aromatic nitrogens is 2. The Morgan fingerprint density at radius 2 is 1.93 bits per heavy atom. The van der Waals surface area contributed by atoms with Gasteiger partial charge in [0.1, 0.15) is 5.82 Å². The van der Waals surface area contributed by atoms with Gasteiger partial charge in [0.15, 0.2) is 5.13 Å². The van der Waals surface area contributed by atoms with E-state index in [0.29, 0.717) is 5.92 Å². The van der Waals surface area contributed by atoms with E-state index in [0.717, 1.165) is 66.9 Å². The lowest BCUT2D eigenvalue weighted by atomic mass is 9.85. The van der Waals surface area contributed by atoms with Gasteiger partial charge in [0.2, 0.25) is 0 Å². The van der Waals surface area contributed by atoms with Crippen LogP contribution in [0.5, 0.6) is 0 Å². The van der Waals surface area contributed by atoms with Crippen LogP contribution in [0, 0.1) is 5.92 Å². The molecule has 30 heavy (non-hydrogen) atoms. The molecule has 1 atom stereocenters. The molecular weight excluding hydrogens is 416 g/mol. The molecule has 2 aromatic heterocycles. The second-order valence-electron chi connectivity index (χ2n) is 8.05. The van der Waals surface area contributed by atoms with Gasteiger partial charge >= 0.3 is 0 Å². The van der Waals surface area contributed by atoms with E-state index in [2.05, 4.69) is 39.9 Å². The Morgan fingerprint density at radius 1 is 1.10 bits per heavy atom. The van der Waals surface area contributed by atoms with E-state index < -0.39 is 0 Å². The van der Waals surface area contributed by atoms with Crippen LogP contribution in [0.25, 0.3) is 10.4 Å². The zero-order chi connectivity index (χ0) is 19.5. The zero-order valence-electron chi connectivity index (χ0n) is 16.8. The normalized spacial score (nSPS) is 20.1. The van der Waals surface area contributed by atoms with Crippen LogP contribution < -0.4 is 10.6 Å². The summed E-state index contributed by atoms with van der Waals surface area (Å²) in [6.45, 7) is 3.00. The minimum atomic E-state index is 0. The Bertz CT molecular complexity index is 959. The highest BCUT2D eigenvalue weighted by molar-refractivity contribution is 7.18. The van der Waals surface area contributed by atoms with Gasteiger partial charge in [0.25, 0.3) is 0 Å². The van der Waals surface area contributed by atoms with Gasteiger partial charge < -0.3 is 15.4 Å². The Hall–Kier alpha value is -1.99. The molecule has 1 unspecified atom stereocenters. The Balaban J connectivity index is 0.00000218. The van der Waals surface area contributed by atoms with Gasteiger partial charge in [-0.15, -0.1) is 12.4 Å². The first-order valence-corrected chi connectivity index (χ1v) is 11.2. The summed E-state index contributed by atoms with van der Waals surface area (Å²) in [4.78, 5) is 10.5. The summed E-state index contributed by atoms with van der Waals surface area (Å²) < 4.78 is 6.25. The maximum absolute atomic E-state index is 6.25. The van der Waals surface area contributed by atoms with Crippen LogP contribution in [0.1, 0.15) is 25.0 Å². The molecular formula is C23H27ClN4OS. The predicted octanol–water partition coefficient (Wildman–Crippen LogP) is 5.07. The van der Waals surface area contributed by atoms with Crippen molar-refractivity contribution in [3.8, 4) is 10.4 Å². The van der Waals surface area contributed by atoms with E-state index in [9.17, 15) is 0 Å². The van der Waals surface area contributed by atoms with E-state index in [-0.39, 0.29) is 18.0 Å². The average Bonchev–Trinajstić information content (AvgIpc) is 3.37. The SMILES string of the molecule is Cl.c1ccc(-c2cnc(Nc3cccc(CC4COC5(CCNCC5)C4)n3)s2)cc1. The van der Waals surface area contributed by atoms with E-state index in [1.54, 1.807) is 11.3 Å². The van der Waals surface area contributed by atoms with E-state index in [1.807, 2.05) is 30.5 Å². The van der Waals surface area contributed by atoms with Crippen molar-refractivity contribution in [2.24, 2.45) is 5.92 Å². The number of nitrogens with one attached hydrogen (secondary N) is 2. The molecule has 0 saturated carbocycles. The molecule has 1 aromatic carbocycles. The van der Waals surface area contributed by atoms with Crippen LogP contribution in [0.15, 0.2) is 54.7 Å². The van der Waals surface area contributed by atoms with Crippen LogP contribution >= 0.6 is 23.7 Å². The van der Waals surface area contributed by atoms with Gasteiger partial charge in [-0.3, -0.25) is 0 Å². The number of rotatable bonds is 5. The van der Waals surface area contributed by atoms with Gasteiger partial charge in [-0.1, -0.05) is 47.7 Å². The molecule has 2 saturated heterocycles. The van der Waals surface area contributed by atoms with Gasteiger partial charge in [0, 0.05) is 11.9 Å². The number of benzene rings is 1. The molecule has 0 radical (unpaired) electrons. The maximum Gasteiger partial charge on any atom is 0.188 e. The molecule has 5 rings (SSSR count). The first-order chi connectivity index (χ1) is 14.3. The van der Waals surface area contributed by atoms with Gasteiger partial charge in [-0.2, -0.15) is 0 Å². The Labute approximate surface area is 187 Å². The monoisotopic (exact) mass is 442 g/mol. The van der Waals surface area contributed by atoms with Crippen molar-refractivity contribution < 1.29 is 4.74 Å². The van der Waals surface area contributed by atoms with Gasteiger partial charge in [0.05, 0.1) is 17.1 Å². The molecule has 0 amide bonds. The van der Waals surface area contributed by atoms with Crippen LogP contribution in [0.4, 0.5) is 10.9 Å². The fraction of sp³-hybridized carbons (Fsp3) is 0.391. The highest BCUT2D eigenvalue weighted by Crippen LogP contribution is 2.38. The number of thiazole rings is 1. The minimum absolute atomic E-state index is 0. The van der Waals surface area contributed by atoms with Crippen molar-refractivity contribution in [3.05, 3.63) is 60.4 Å². The summed E-state index contributed by atoms with van der Waals surface area (Å²) in [7, 11) is 0. The molecule has 5 nitrogen and oxygen atoms in total. The summed E-state index contributed by atoms with van der Waals surface area (Å²) in [5.41, 5.74) is 2.42. The minimum Gasteiger partial charge on any atom is -0.375 e. The van der Waals surface area contributed by atoms with Crippen molar-refractivity contribution in [1.82, 2.24) is 15.3 Å². The number of halogens is 1. The lowest BCUT2D eigenvalue weighted by Gasteiger charge is -2.33. The van der Waals surface area contributed by atoms with Crippen molar-refractivity contribution in [2.75, 3.05) is 25.0 Å². The summed E-state index contributed by atoms with van der Waals surface area (Å²) in [6, 6.07) is 16.5. The van der Waals surface area contributed by atoms with Crippen molar-refractivity contribution >= 4 is 34.7 Å². The first kappa shape index (κ1) is 21.2. The van der Waals surface area contributed by atoms with Crippen LogP contribution in [-0.2, 0) is 11.2 Å². The predicted molar refractivity (Wildman–Crippen MR) is 125 cm³/mol. The van der Waals surface area contributed by atoms with E-state index >= 15 is 0 Å². The van der Waals surface area contributed by atoms with E-state index in [1.165, 1.54) is 5.56 Å². The number of hydrogen-bond donors (Lipinski definition) is 2. The van der Waals surface area contributed by atoms with Crippen molar-refractivity contribution in [2.45, 2.75) is 31.3 Å². The smallest absolute Gasteiger partial charge is 0.188 e. The number of piperidine rings is 1. The van der Waals surface area contributed by atoms with E-state index in [4.69, 9.17) is 9.72 Å². The summed E-state index contributed by atoms with van der Waals surface area (Å²) in [5, 5.41) is 7.68. The molecule has 2 aliphatic rings. The highest BCUT2D eigenvalue weighted by Gasteiger charge is 2.41. The molecule has 0 aliphatic carbocycles. The third-order valence-electron chi connectivity index (χ3n) is 5.90. The summed E-state index contributed by atoms with van der Waals surface area (Å²) in [6.07, 6.45) is 6.30. The number of ether oxygens (including phenoxy) is 1. The molecule has 4 heterocycles. The molecule has 2 fully saturated rings. The summed E-state index contributed by atoms with van der Waals surface area (Å²) in [5.74, 6) is 1.41. The third-order valence-corrected chi connectivity index (χ3v) is 6.87.